The standard InChI is InChI=1S/C25H19ClFNO3/c26-20-12-22-19(23(25(31)28-22)24(30)17-3-1-2-4-21(17)27)11-18(20)14-7-5-13(6-8-14)15-9-16(29)10-15/h1-8,11-12,15-16,29-30H,9-10H2,(H,28,31)/b24-23-. The molecule has 2 aliphatic rings. The summed E-state index contributed by atoms with van der Waals surface area (Å²) in [5.74, 6) is -1.17. The van der Waals surface area contributed by atoms with E-state index in [9.17, 15) is 19.4 Å². The molecule has 1 amide bonds. The number of aliphatic hydroxyl groups is 2. The van der Waals surface area contributed by atoms with Gasteiger partial charge in [0, 0.05) is 11.1 Å². The third kappa shape index (κ3) is 3.40. The lowest BCUT2D eigenvalue weighted by Gasteiger charge is -2.31. The third-order valence-electron chi connectivity index (χ3n) is 6.02. The molecule has 0 unspecified atom stereocenters. The normalized spacial score (nSPS) is 21.3. The molecule has 5 rings (SSSR count). The van der Waals surface area contributed by atoms with E-state index in [4.69, 9.17) is 11.6 Å². The Kier molecular flexibility index (Phi) is 4.80. The van der Waals surface area contributed by atoms with Crippen LogP contribution in [0.15, 0.2) is 60.7 Å². The number of hydrogen-bond donors (Lipinski definition) is 3. The zero-order valence-corrected chi connectivity index (χ0v) is 17.2. The highest BCUT2D eigenvalue weighted by Gasteiger charge is 2.31. The van der Waals surface area contributed by atoms with Crippen LogP contribution in [0, 0.1) is 5.82 Å². The fourth-order valence-corrected chi connectivity index (χ4v) is 4.50. The molecule has 0 spiro atoms. The number of hydrogen-bond acceptors (Lipinski definition) is 3. The molecule has 1 aliphatic carbocycles. The van der Waals surface area contributed by atoms with E-state index in [1.165, 1.54) is 23.8 Å². The summed E-state index contributed by atoms with van der Waals surface area (Å²) in [7, 11) is 0. The van der Waals surface area contributed by atoms with Crippen LogP contribution in [0.5, 0.6) is 0 Å². The average molecular weight is 436 g/mol. The lowest BCUT2D eigenvalue weighted by Crippen LogP contribution is -2.26. The lowest BCUT2D eigenvalue weighted by molar-refractivity contribution is -0.110. The molecule has 0 radical (unpaired) electrons. The molecule has 0 aromatic heterocycles. The molecule has 0 atom stereocenters. The number of carbonyl (C=O) groups excluding carboxylic acids is 1. The highest BCUT2D eigenvalue weighted by atomic mass is 35.5. The van der Waals surface area contributed by atoms with E-state index >= 15 is 0 Å². The van der Waals surface area contributed by atoms with Crippen LogP contribution >= 0.6 is 11.6 Å². The summed E-state index contributed by atoms with van der Waals surface area (Å²) in [6.07, 6.45) is 1.33. The molecule has 156 valence electrons. The van der Waals surface area contributed by atoms with Crippen LogP contribution in [0.4, 0.5) is 10.1 Å². The van der Waals surface area contributed by atoms with E-state index in [0.29, 0.717) is 27.8 Å². The fourth-order valence-electron chi connectivity index (χ4n) is 4.23. The molecule has 3 aromatic carbocycles. The lowest BCUT2D eigenvalue weighted by atomic mass is 9.77. The Hall–Kier alpha value is -3.15. The van der Waals surface area contributed by atoms with Gasteiger partial charge in [-0.2, -0.15) is 0 Å². The smallest absolute Gasteiger partial charge is 0.260 e. The van der Waals surface area contributed by atoms with E-state index in [-0.39, 0.29) is 17.2 Å². The van der Waals surface area contributed by atoms with Crippen molar-refractivity contribution in [2.75, 3.05) is 5.32 Å². The molecular weight excluding hydrogens is 417 g/mol. The maximum Gasteiger partial charge on any atom is 0.260 e. The summed E-state index contributed by atoms with van der Waals surface area (Å²) in [6, 6.07) is 17.1. The molecule has 0 saturated heterocycles. The van der Waals surface area contributed by atoms with E-state index in [1.54, 1.807) is 18.2 Å². The quantitative estimate of drug-likeness (QED) is 0.361. The Morgan fingerprint density at radius 2 is 1.74 bits per heavy atom. The molecule has 3 N–H and O–H groups in total. The molecule has 4 nitrogen and oxygen atoms in total. The Morgan fingerprint density at radius 1 is 1.03 bits per heavy atom. The van der Waals surface area contributed by atoms with Crippen LogP contribution < -0.4 is 5.32 Å². The second-order valence-corrected chi connectivity index (χ2v) is 8.39. The van der Waals surface area contributed by atoms with Gasteiger partial charge in [0.05, 0.1) is 28.0 Å². The van der Waals surface area contributed by atoms with Crippen molar-refractivity contribution in [2.45, 2.75) is 24.9 Å². The highest BCUT2D eigenvalue weighted by molar-refractivity contribution is 6.38. The Balaban J connectivity index is 1.57. The summed E-state index contributed by atoms with van der Waals surface area (Å²) in [5.41, 5.74) is 3.65. The summed E-state index contributed by atoms with van der Waals surface area (Å²) in [6.45, 7) is 0. The summed E-state index contributed by atoms with van der Waals surface area (Å²) in [4.78, 5) is 12.6. The summed E-state index contributed by atoms with van der Waals surface area (Å²) in [5, 5.41) is 23.4. The first-order valence-electron chi connectivity index (χ1n) is 10.0. The number of fused-ring (bicyclic) bond motifs is 1. The van der Waals surface area contributed by atoms with Gasteiger partial charge in [0.25, 0.3) is 5.91 Å². The molecule has 1 fully saturated rings. The van der Waals surface area contributed by atoms with E-state index in [2.05, 4.69) is 5.32 Å². The molecular formula is C25H19ClFNO3. The van der Waals surface area contributed by atoms with Crippen molar-refractivity contribution in [3.63, 3.8) is 0 Å². The molecule has 1 saturated carbocycles. The predicted molar refractivity (Wildman–Crippen MR) is 119 cm³/mol. The predicted octanol–water partition coefficient (Wildman–Crippen LogP) is 5.76. The summed E-state index contributed by atoms with van der Waals surface area (Å²) >= 11 is 6.50. The SMILES string of the molecule is O=C1Nc2cc(Cl)c(-c3ccc(C4CC(O)C4)cc3)cc2/C1=C(/O)c1ccccc1F. The fraction of sp³-hybridized carbons (Fsp3) is 0.160. The van der Waals surface area contributed by atoms with Crippen molar-refractivity contribution in [3.05, 3.63) is 88.2 Å². The molecule has 1 heterocycles. The van der Waals surface area contributed by atoms with Crippen LogP contribution in [-0.2, 0) is 4.79 Å². The number of nitrogens with one attached hydrogen (secondary N) is 1. The van der Waals surface area contributed by atoms with Gasteiger partial charge in [-0.1, -0.05) is 48.0 Å². The van der Waals surface area contributed by atoms with Crippen LogP contribution in [0.1, 0.15) is 35.4 Å². The van der Waals surface area contributed by atoms with Gasteiger partial charge in [-0.3, -0.25) is 4.79 Å². The van der Waals surface area contributed by atoms with Crippen molar-refractivity contribution in [2.24, 2.45) is 0 Å². The van der Waals surface area contributed by atoms with E-state index < -0.39 is 17.5 Å². The molecule has 1 aliphatic heterocycles. The van der Waals surface area contributed by atoms with Crippen molar-refractivity contribution in [1.82, 2.24) is 0 Å². The Labute approximate surface area is 183 Å². The molecule has 3 aromatic rings. The zero-order valence-electron chi connectivity index (χ0n) is 16.4. The number of benzene rings is 3. The number of rotatable bonds is 3. The van der Waals surface area contributed by atoms with Crippen LogP contribution in [0.3, 0.4) is 0 Å². The first-order chi connectivity index (χ1) is 14.9. The molecule has 6 heteroatoms. The third-order valence-corrected chi connectivity index (χ3v) is 6.34. The van der Waals surface area contributed by atoms with Crippen molar-refractivity contribution >= 4 is 34.5 Å². The van der Waals surface area contributed by atoms with Gasteiger partial charge in [0.15, 0.2) is 0 Å². The minimum absolute atomic E-state index is 0.0121. The van der Waals surface area contributed by atoms with E-state index in [0.717, 1.165) is 18.4 Å². The molecule has 0 bridgehead atoms. The number of halogens is 2. The number of carbonyl (C=O) groups is 1. The van der Waals surface area contributed by atoms with Gasteiger partial charge < -0.3 is 15.5 Å². The van der Waals surface area contributed by atoms with Gasteiger partial charge in [-0.25, -0.2) is 4.39 Å². The zero-order chi connectivity index (χ0) is 21.7. The van der Waals surface area contributed by atoms with Crippen molar-refractivity contribution in [1.29, 1.82) is 0 Å². The highest BCUT2D eigenvalue weighted by Crippen LogP contribution is 2.43. The van der Waals surface area contributed by atoms with Gasteiger partial charge >= 0.3 is 0 Å². The first-order valence-corrected chi connectivity index (χ1v) is 10.4. The Bertz CT molecular complexity index is 1230. The number of amides is 1. The molecule has 31 heavy (non-hydrogen) atoms. The first kappa shape index (κ1) is 19.8. The van der Waals surface area contributed by atoms with Crippen LogP contribution in [0.2, 0.25) is 5.02 Å². The second-order valence-electron chi connectivity index (χ2n) is 7.98. The summed E-state index contributed by atoms with van der Waals surface area (Å²) < 4.78 is 14.2. The van der Waals surface area contributed by atoms with Gasteiger partial charge in [0.1, 0.15) is 11.6 Å². The Morgan fingerprint density at radius 3 is 2.42 bits per heavy atom. The topological polar surface area (TPSA) is 69.6 Å². The minimum atomic E-state index is -0.611. The van der Waals surface area contributed by atoms with Gasteiger partial charge in [0.2, 0.25) is 0 Å². The van der Waals surface area contributed by atoms with Gasteiger partial charge in [-0.05, 0) is 54.2 Å². The van der Waals surface area contributed by atoms with Gasteiger partial charge in [-0.15, -0.1) is 0 Å². The minimum Gasteiger partial charge on any atom is -0.506 e. The second kappa shape index (κ2) is 7.52. The largest absolute Gasteiger partial charge is 0.506 e. The van der Waals surface area contributed by atoms with Crippen molar-refractivity contribution in [3.8, 4) is 11.1 Å². The van der Waals surface area contributed by atoms with Crippen LogP contribution in [0.25, 0.3) is 22.5 Å². The monoisotopic (exact) mass is 435 g/mol. The average Bonchev–Trinajstić information content (AvgIpc) is 3.05. The maximum absolute atomic E-state index is 14.2. The van der Waals surface area contributed by atoms with Crippen molar-refractivity contribution < 1.29 is 19.4 Å². The van der Waals surface area contributed by atoms with E-state index in [1.807, 2.05) is 24.3 Å². The maximum atomic E-state index is 14.2. The van der Waals surface area contributed by atoms with Crippen LogP contribution in [-0.4, -0.2) is 22.2 Å². The number of anilines is 1. The number of aliphatic hydroxyl groups excluding tert-OH is 2.